The van der Waals surface area contributed by atoms with Gasteiger partial charge in [0.25, 0.3) is 0 Å². The van der Waals surface area contributed by atoms with Crippen molar-refractivity contribution in [1.29, 1.82) is 0 Å². The molecule has 0 bridgehead atoms. The van der Waals surface area contributed by atoms with Crippen LogP contribution in [0.3, 0.4) is 0 Å². The standard InChI is InChI=1S/C5H12N2Se/c1-3-6-5(8)7-4-2/h3-4H2,1-2H3,(H2,6,7,8). The molecular weight excluding hydrogens is 167 g/mol. The van der Waals surface area contributed by atoms with E-state index < -0.39 is 0 Å². The van der Waals surface area contributed by atoms with E-state index in [2.05, 4.69) is 40.1 Å². The third-order valence-electron chi connectivity index (χ3n) is 0.675. The molecule has 3 heteroatoms. The molecule has 0 fully saturated rings. The summed E-state index contributed by atoms with van der Waals surface area (Å²) >= 11 is 2.87. The monoisotopic (exact) mass is 180 g/mol. The number of hydrogen-bond donors (Lipinski definition) is 2. The first-order valence-corrected chi connectivity index (χ1v) is 3.68. The summed E-state index contributed by atoms with van der Waals surface area (Å²) in [7, 11) is 0. The Morgan fingerprint density at radius 3 is 1.88 bits per heavy atom. The normalized spacial score (nSPS) is 8.25. The van der Waals surface area contributed by atoms with E-state index in [4.69, 9.17) is 0 Å². The fourth-order valence-electron chi connectivity index (χ4n) is 0.384. The molecule has 0 unspecified atom stereocenters. The van der Waals surface area contributed by atoms with E-state index in [0.29, 0.717) is 0 Å². The summed E-state index contributed by atoms with van der Waals surface area (Å²) < 4.78 is 1.04. The molecule has 0 aromatic carbocycles. The van der Waals surface area contributed by atoms with Crippen LogP contribution in [0.15, 0.2) is 0 Å². The summed E-state index contributed by atoms with van der Waals surface area (Å²) in [5, 5.41) is 6.19. The Morgan fingerprint density at radius 2 is 1.62 bits per heavy atom. The first kappa shape index (κ1) is 7.99. The summed E-state index contributed by atoms with van der Waals surface area (Å²) in [6.07, 6.45) is 0. The third kappa shape index (κ3) is 4.16. The second kappa shape index (κ2) is 5.13. The van der Waals surface area contributed by atoms with Gasteiger partial charge in [0.15, 0.2) is 0 Å². The molecule has 0 radical (unpaired) electrons. The van der Waals surface area contributed by atoms with Crippen molar-refractivity contribution in [3.8, 4) is 0 Å². The molecule has 0 aliphatic rings. The zero-order valence-corrected chi connectivity index (χ0v) is 7.04. The van der Waals surface area contributed by atoms with Crippen LogP contribution in [0.5, 0.6) is 0 Å². The molecule has 2 N–H and O–H groups in total. The number of hydrogen-bond acceptors (Lipinski definition) is 2. The maximum absolute atomic E-state index is 3.10. The molecule has 8 heavy (non-hydrogen) atoms. The summed E-state index contributed by atoms with van der Waals surface area (Å²) in [5.41, 5.74) is 0. The maximum atomic E-state index is 3.10. The molecule has 0 saturated carbocycles. The minimum atomic E-state index is 0.968. The summed E-state index contributed by atoms with van der Waals surface area (Å²) in [5.74, 6) is 0. The second-order valence-electron chi connectivity index (χ2n) is 1.39. The van der Waals surface area contributed by atoms with Gasteiger partial charge in [-0.05, 0) is 0 Å². The Hall–Kier alpha value is -0.0105. The van der Waals surface area contributed by atoms with Crippen molar-refractivity contribution in [2.45, 2.75) is 13.8 Å². The molecule has 0 aromatic heterocycles. The van der Waals surface area contributed by atoms with Crippen molar-refractivity contribution < 1.29 is 0 Å². The molecule has 0 aromatic rings. The molecule has 0 aliphatic heterocycles. The van der Waals surface area contributed by atoms with Crippen molar-refractivity contribution >= 4 is 20.2 Å². The van der Waals surface area contributed by atoms with Crippen molar-refractivity contribution in [2.24, 2.45) is 0 Å². The topological polar surface area (TPSA) is 24.1 Å². The minimum absolute atomic E-state index is 0.968. The van der Waals surface area contributed by atoms with E-state index in [0.717, 1.165) is 17.8 Å². The van der Waals surface area contributed by atoms with E-state index >= 15 is 0 Å². The second-order valence-corrected chi connectivity index (χ2v) is 2.25. The molecule has 0 heterocycles. The van der Waals surface area contributed by atoms with E-state index in [1.165, 1.54) is 0 Å². The van der Waals surface area contributed by atoms with Gasteiger partial charge in [-0.25, -0.2) is 0 Å². The van der Waals surface area contributed by atoms with Gasteiger partial charge in [0.2, 0.25) is 0 Å². The summed E-state index contributed by atoms with van der Waals surface area (Å²) in [4.78, 5) is 0. The quantitative estimate of drug-likeness (QED) is 0.566. The Morgan fingerprint density at radius 1 is 1.25 bits per heavy atom. The fourth-order valence-corrected chi connectivity index (χ4v) is 0.989. The predicted octanol–water partition coefficient (Wildman–Crippen LogP) is -0.539. The number of rotatable bonds is 4. The average Bonchev–Trinajstić information content (AvgIpc) is 1.68. The summed E-state index contributed by atoms with van der Waals surface area (Å²) in [6.45, 7) is 6.06. The molecule has 0 atom stereocenters. The van der Waals surface area contributed by atoms with Gasteiger partial charge >= 0.3 is 57.8 Å². The van der Waals surface area contributed by atoms with Crippen LogP contribution in [0.4, 0.5) is 0 Å². The molecule has 2 nitrogen and oxygen atoms in total. The van der Waals surface area contributed by atoms with Gasteiger partial charge in [-0.15, -0.1) is 0 Å². The van der Waals surface area contributed by atoms with Gasteiger partial charge in [0.1, 0.15) is 0 Å². The van der Waals surface area contributed by atoms with Gasteiger partial charge in [-0.1, -0.05) is 0 Å². The van der Waals surface area contributed by atoms with E-state index in [1.54, 1.807) is 0 Å². The van der Waals surface area contributed by atoms with E-state index in [1.807, 2.05) is 0 Å². The Balaban J connectivity index is 3.06. The molecule has 0 amide bonds. The van der Waals surface area contributed by atoms with Crippen molar-refractivity contribution in [3.05, 3.63) is 0 Å². The van der Waals surface area contributed by atoms with Crippen LogP contribution in [-0.4, -0.2) is 33.3 Å². The third-order valence-corrected chi connectivity index (χ3v) is 1.28. The first-order chi connectivity index (χ1) is 3.81. The zero-order chi connectivity index (χ0) is 6.41. The SMILES string of the molecule is CCNC(=[Se])NCC. The Kier molecular flexibility index (Phi) is 5.13. The molecular formula is C5H12N2Se. The first-order valence-electron chi connectivity index (χ1n) is 2.83. The van der Waals surface area contributed by atoms with Crippen LogP contribution in [0.2, 0.25) is 0 Å². The summed E-state index contributed by atoms with van der Waals surface area (Å²) in [6, 6.07) is 0. The van der Waals surface area contributed by atoms with Crippen molar-refractivity contribution in [3.63, 3.8) is 0 Å². The van der Waals surface area contributed by atoms with Crippen LogP contribution in [0.25, 0.3) is 0 Å². The van der Waals surface area contributed by atoms with E-state index in [-0.39, 0.29) is 0 Å². The van der Waals surface area contributed by atoms with Gasteiger partial charge in [0, 0.05) is 0 Å². The van der Waals surface area contributed by atoms with Gasteiger partial charge < -0.3 is 0 Å². The van der Waals surface area contributed by atoms with Crippen LogP contribution in [-0.2, 0) is 0 Å². The van der Waals surface area contributed by atoms with Crippen molar-refractivity contribution in [2.75, 3.05) is 13.1 Å². The van der Waals surface area contributed by atoms with Gasteiger partial charge in [0.05, 0.1) is 0 Å². The predicted molar refractivity (Wildman–Crippen MR) is 38.1 cm³/mol. The average molecular weight is 179 g/mol. The van der Waals surface area contributed by atoms with Crippen LogP contribution in [0, 0.1) is 0 Å². The van der Waals surface area contributed by atoms with Crippen LogP contribution in [0.1, 0.15) is 13.8 Å². The Bertz CT molecular complexity index is 64.8. The van der Waals surface area contributed by atoms with Crippen LogP contribution >= 0.6 is 0 Å². The van der Waals surface area contributed by atoms with E-state index in [9.17, 15) is 0 Å². The van der Waals surface area contributed by atoms with Gasteiger partial charge in [-0.3, -0.25) is 0 Å². The van der Waals surface area contributed by atoms with Gasteiger partial charge in [-0.2, -0.15) is 0 Å². The zero-order valence-electron chi connectivity index (χ0n) is 5.32. The molecule has 0 spiro atoms. The van der Waals surface area contributed by atoms with Crippen molar-refractivity contribution in [1.82, 2.24) is 10.6 Å². The van der Waals surface area contributed by atoms with Crippen LogP contribution < -0.4 is 10.6 Å². The number of nitrogens with one attached hydrogen (secondary N) is 2. The molecule has 48 valence electrons. The fraction of sp³-hybridized carbons (Fsp3) is 0.800. The molecule has 0 rings (SSSR count). The Labute approximate surface area is 58.4 Å². The molecule has 0 saturated heterocycles. The molecule has 0 aliphatic carbocycles.